The summed E-state index contributed by atoms with van der Waals surface area (Å²) in [7, 11) is 6.02. The van der Waals surface area contributed by atoms with Crippen LogP contribution in [0.2, 0.25) is 0 Å². The molecule has 0 aliphatic heterocycles. The van der Waals surface area contributed by atoms with E-state index in [1.807, 2.05) is 30.4 Å². The number of hydrogen-bond donors (Lipinski definition) is 2. The van der Waals surface area contributed by atoms with Crippen molar-refractivity contribution < 1.29 is 57.7 Å². The van der Waals surface area contributed by atoms with Gasteiger partial charge in [0.15, 0.2) is 23.0 Å². The Labute approximate surface area is 336 Å². The molecule has 1 aliphatic rings. The fourth-order valence-corrected chi connectivity index (χ4v) is 6.05. The van der Waals surface area contributed by atoms with Gasteiger partial charge in [-0.05, 0) is 75.9 Å². The average Bonchev–Trinajstić information content (AvgIpc) is 3.19. The summed E-state index contributed by atoms with van der Waals surface area (Å²) in [6.45, 7) is 11.9. The Kier molecular flexibility index (Phi) is 15.6. The lowest BCUT2D eigenvalue weighted by Crippen LogP contribution is -2.28. The van der Waals surface area contributed by atoms with Crippen LogP contribution >= 0.6 is 0 Å². The number of ether oxygens (including phenoxy) is 8. The molecule has 3 aromatic carbocycles. The van der Waals surface area contributed by atoms with Crippen molar-refractivity contribution in [3.63, 3.8) is 0 Å². The Bertz CT molecular complexity index is 1860. The normalized spacial score (nSPS) is 15.2. The number of rotatable bonds is 18. The highest BCUT2D eigenvalue weighted by Crippen LogP contribution is 2.44. The van der Waals surface area contributed by atoms with Crippen LogP contribution in [0.1, 0.15) is 69.4 Å². The molecule has 3 aromatic rings. The largest absolute Gasteiger partial charge is 0.493 e. The number of hydrogen-bond acceptors (Lipinski definition) is 12. The number of benzene rings is 3. The average molecular weight is 791 g/mol. The van der Waals surface area contributed by atoms with Gasteiger partial charge in [0.1, 0.15) is 38.6 Å². The van der Waals surface area contributed by atoms with Gasteiger partial charge in [-0.15, -0.1) is 0 Å². The topological polar surface area (TPSA) is 148 Å². The zero-order valence-corrected chi connectivity index (χ0v) is 34.8. The predicted molar refractivity (Wildman–Crippen MR) is 216 cm³/mol. The van der Waals surface area contributed by atoms with Gasteiger partial charge in [-0.25, -0.2) is 4.79 Å². The highest BCUT2D eigenvalue weighted by Gasteiger charge is 2.25. The van der Waals surface area contributed by atoms with E-state index in [1.54, 1.807) is 37.4 Å². The molecular formula is C45H58O12. The molecule has 3 unspecified atom stereocenters. The van der Waals surface area contributed by atoms with Crippen molar-refractivity contribution >= 4 is 11.9 Å². The van der Waals surface area contributed by atoms with Crippen molar-refractivity contribution in [1.29, 1.82) is 0 Å². The van der Waals surface area contributed by atoms with E-state index < -0.39 is 30.1 Å². The SMILES string of the molecule is COCc1cc(-c2cc(OC)c(OCC(O)COC(=O)c3ccc(C(C)(C)C)cc3)c(OC)c2)cc(OC)c1OCC(O)COC(=O)C1C=CC(C(C)(C)C)=CC1. The van der Waals surface area contributed by atoms with Gasteiger partial charge in [0.2, 0.25) is 5.75 Å². The third kappa shape index (κ3) is 12.2. The molecule has 12 heteroatoms. The summed E-state index contributed by atoms with van der Waals surface area (Å²) in [4.78, 5) is 25.3. The van der Waals surface area contributed by atoms with Crippen LogP contribution in [0.5, 0.6) is 28.7 Å². The van der Waals surface area contributed by atoms with Crippen molar-refractivity contribution in [3.8, 4) is 39.9 Å². The molecule has 0 saturated heterocycles. The van der Waals surface area contributed by atoms with E-state index in [9.17, 15) is 19.8 Å². The van der Waals surface area contributed by atoms with Crippen molar-refractivity contribution in [2.75, 3.05) is 54.9 Å². The Morgan fingerprint density at radius 2 is 1.23 bits per heavy atom. The van der Waals surface area contributed by atoms with E-state index in [4.69, 9.17) is 37.9 Å². The summed E-state index contributed by atoms with van der Waals surface area (Å²) in [5.41, 5.74) is 4.60. The van der Waals surface area contributed by atoms with Crippen LogP contribution in [0.3, 0.4) is 0 Å². The highest BCUT2D eigenvalue weighted by atomic mass is 16.6. The lowest BCUT2D eigenvalue weighted by atomic mass is 9.81. The van der Waals surface area contributed by atoms with Crippen LogP contribution in [0.4, 0.5) is 0 Å². The first kappa shape index (κ1) is 44.7. The summed E-state index contributed by atoms with van der Waals surface area (Å²) in [6, 6.07) is 14.3. The first-order chi connectivity index (χ1) is 27.0. The van der Waals surface area contributed by atoms with E-state index in [-0.39, 0.29) is 49.6 Å². The molecule has 2 N–H and O–H groups in total. The molecule has 4 rings (SSSR count). The molecule has 0 bridgehead atoms. The zero-order chi connectivity index (χ0) is 41.9. The molecule has 310 valence electrons. The van der Waals surface area contributed by atoms with Crippen LogP contribution in [-0.2, 0) is 31.0 Å². The Hall–Kier alpha value is -5.04. The second kappa shape index (κ2) is 19.9. The quantitative estimate of drug-likeness (QED) is 0.125. The number of carbonyl (C=O) groups is 2. The Morgan fingerprint density at radius 1 is 0.702 bits per heavy atom. The van der Waals surface area contributed by atoms with Crippen molar-refractivity contribution in [1.82, 2.24) is 0 Å². The number of esters is 2. The van der Waals surface area contributed by atoms with Gasteiger partial charge < -0.3 is 48.1 Å². The van der Waals surface area contributed by atoms with E-state index in [0.29, 0.717) is 51.7 Å². The van der Waals surface area contributed by atoms with E-state index in [1.165, 1.54) is 26.9 Å². The van der Waals surface area contributed by atoms with Gasteiger partial charge in [-0.2, -0.15) is 0 Å². The monoisotopic (exact) mass is 790 g/mol. The lowest BCUT2D eigenvalue weighted by molar-refractivity contribution is -0.150. The molecule has 57 heavy (non-hydrogen) atoms. The summed E-state index contributed by atoms with van der Waals surface area (Å²) < 4.78 is 45.3. The number of aliphatic hydroxyl groups excluding tert-OH is 2. The minimum Gasteiger partial charge on any atom is -0.493 e. The van der Waals surface area contributed by atoms with Crippen molar-refractivity contribution in [3.05, 3.63) is 89.0 Å². The van der Waals surface area contributed by atoms with Crippen LogP contribution in [0.15, 0.2) is 72.3 Å². The predicted octanol–water partition coefficient (Wildman–Crippen LogP) is 7.25. The molecule has 0 spiro atoms. The van der Waals surface area contributed by atoms with Gasteiger partial charge in [-0.3, -0.25) is 4.79 Å². The van der Waals surface area contributed by atoms with E-state index in [0.717, 1.165) is 5.56 Å². The molecule has 0 radical (unpaired) electrons. The molecule has 12 nitrogen and oxygen atoms in total. The smallest absolute Gasteiger partial charge is 0.338 e. The summed E-state index contributed by atoms with van der Waals surface area (Å²) in [5, 5.41) is 21.3. The number of methoxy groups -OCH3 is 4. The Morgan fingerprint density at radius 3 is 1.72 bits per heavy atom. The second-order valence-corrected chi connectivity index (χ2v) is 15.9. The van der Waals surface area contributed by atoms with Gasteiger partial charge in [-0.1, -0.05) is 71.9 Å². The lowest BCUT2D eigenvalue weighted by Gasteiger charge is -2.24. The van der Waals surface area contributed by atoms with E-state index >= 15 is 0 Å². The summed E-state index contributed by atoms with van der Waals surface area (Å²) in [5.74, 6) is 0.266. The first-order valence-electron chi connectivity index (χ1n) is 18.9. The molecule has 1 aliphatic carbocycles. The van der Waals surface area contributed by atoms with E-state index in [2.05, 4.69) is 47.6 Å². The maximum Gasteiger partial charge on any atom is 0.338 e. The molecule has 0 heterocycles. The summed E-state index contributed by atoms with van der Waals surface area (Å²) >= 11 is 0. The zero-order valence-electron chi connectivity index (χ0n) is 34.8. The molecule has 0 amide bonds. The molecule has 0 saturated carbocycles. The maximum absolute atomic E-state index is 12.7. The molecule has 3 atom stereocenters. The highest BCUT2D eigenvalue weighted by molar-refractivity contribution is 5.89. The van der Waals surface area contributed by atoms with Crippen LogP contribution in [-0.4, -0.2) is 89.2 Å². The maximum atomic E-state index is 12.7. The fraction of sp³-hybridized carbons (Fsp3) is 0.467. The minimum absolute atomic E-state index is 0.00696. The van der Waals surface area contributed by atoms with Gasteiger partial charge in [0.05, 0.1) is 39.4 Å². The number of carbonyl (C=O) groups excluding carboxylic acids is 2. The van der Waals surface area contributed by atoms with Crippen molar-refractivity contribution in [2.45, 2.75) is 72.2 Å². The molecular weight excluding hydrogens is 732 g/mol. The first-order valence-corrected chi connectivity index (χ1v) is 18.9. The fourth-order valence-electron chi connectivity index (χ4n) is 6.05. The summed E-state index contributed by atoms with van der Waals surface area (Å²) in [6.07, 6.45) is 4.17. The second-order valence-electron chi connectivity index (χ2n) is 15.9. The van der Waals surface area contributed by atoms with Crippen LogP contribution in [0.25, 0.3) is 11.1 Å². The number of allylic oxidation sites excluding steroid dienone is 3. The molecule has 0 aromatic heterocycles. The minimum atomic E-state index is -1.13. The van der Waals surface area contributed by atoms with Gasteiger partial charge >= 0.3 is 11.9 Å². The Balaban J connectivity index is 1.41. The van der Waals surface area contributed by atoms with Crippen LogP contribution in [0, 0.1) is 11.3 Å². The van der Waals surface area contributed by atoms with Crippen LogP contribution < -0.4 is 23.7 Å². The van der Waals surface area contributed by atoms with Gasteiger partial charge in [0.25, 0.3) is 0 Å². The third-order valence-electron chi connectivity index (χ3n) is 9.37. The number of aliphatic hydroxyl groups is 2. The van der Waals surface area contributed by atoms with Gasteiger partial charge in [0, 0.05) is 12.7 Å². The van der Waals surface area contributed by atoms with Crippen molar-refractivity contribution in [2.24, 2.45) is 11.3 Å². The molecule has 0 fully saturated rings. The standard InChI is InChI=1S/C45H58O12/c1-44(2,3)33-15-11-28(12-16-33)42(48)56-26-35(46)24-54-40-32(23-50-7)19-30(20-37(40)51-8)31-21-38(52-9)41(39(22-31)53-10)55-25-36(47)27-57-43(49)29-13-17-34(18-14-29)45(4,5)6/h11,13-22,28,35-36,46-47H,12,23-27H2,1-10H3. The third-order valence-corrected chi connectivity index (χ3v) is 9.37.